The van der Waals surface area contributed by atoms with Gasteiger partial charge in [-0.3, -0.25) is 9.69 Å². The molecule has 1 amide bonds. The minimum Gasteiger partial charge on any atom is -0.356 e. The maximum absolute atomic E-state index is 13.3. The van der Waals surface area contributed by atoms with Gasteiger partial charge in [0.1, 0.15) is 11.5 Å². The van der Waals surface area contributed by atoms with Gasteiger partial charge in [-0.1, -0.05) is 23.4 Å². The lowest BCUT2D eigenvalue weighted by atomic mass is 9.96. The van der Waals surface area contributed by atoms with Crippen LogP contribution in [0.15, 0.2) is 47.0 Å². The molecule has 1 fully saturated rings. The molecule has 5 rings (SSSR count). The van der Waals surface area contributed by atoms with Crippen molar-refractivity contribution in [2.24, 2.45) is 5.92 Å². The first-order valence-electron chi connectivity index (χ1n) is 9.81. The van der Waals surface area contributed by atoms with Crippen molar-refractivity contribution in [3.05, 3.63) is 65.1 Å². The molecule has 0 N–H and O–H groups in total. The van der Waals surface area contributed by atoms with Gasteiger partial charge in [-0.25, -0.2) is 4.39 Å². The molecule has 0 spiro atoms. The number of hydrogen-bond acceptors (Lipinski definition) is 4. The van der Waals surface area contributed by atoms with Crippen molar-refractivity contribution in [3.63, 3.8) is 0 Å². The van der Waals surface area contributed by atoms with Crippen LogP contribution in [0.3, 0.4) is 0 Å². The molecular formula is C22H23ClFN3O2. The lowest BCUT2D eigenvalue weighted by Gasteiger charge is -2.33. The Kier molecular flexibility index (Phi) is 5.56. The second-order valence-corrected chi connectivity index (χ2v) is 7.83. The number of rotatable bonds is 4. The number of amides is 1. The number of hydrogen-bond donors (Lipinski definition) is 0. The number of piperidine rings is 1. The van der Waals surface area contributed by atoms with Crippen molar-refractivity contribution in [1.29, 1.82) is 0 Å². The van der Waals surface area contributed by atoms with Crippen LogP contribution in [0.1, 0.15) is 34.5 Å². The van der Waals surface area contributed by atoms with Gasteiger partial charge < -0.3 is 9.42 Å². The Labute approximate surface area is 174 Å². The zero-order chi connectivity index (χ0) is 19.1. The standard InChI is InChI=1S/C22H22FN3O2.ClH/c23-17-5-6-19-20(24-28-21(19)11-17)14-25-9-7-15(8-10-25)12-26-13-16-3-1-2-4-18(16)22(26)27;/h1-6,11,15H,7-10,12-14H2;1H. The number of benzene rings is 2. The first kappa shape index (κ1) is 19.9. The first-order valence-corrected chi connectivity index (χ1v) is 9.81. The summed E-state index contributed by atoms with van der Waals surface area (Å²) in [7, 11) is 0. The molecule has 7 heteroatoms. The van der Waals surface area contributed by atoms with E-state index in [0.717, 1.165) is 61.2 Å². The van der Waals surface area contributed by atoms with E-state index in [1.54, 1.807) is 6.07 Å². The maximum atomic E-state index is 13.3. The minimum atomic E-state index is -0.311. The van der Waals surface area contributed by atoms with E-state index in [1.165, 1.54) is 12.1 Å². The fraction of sp³-hybridized carbons (Fsp3) is 0.364. The number of aromatic nitrogens is 1. The largest absolute Gasteiger partial charge is 0.356 e. The highest BCUT2D eigenvalue weighted by atomic mass is 35.5. The summed E-state index contributed by atoms with van der Waals surface area (Å²) in [6.07, 6.45) is 2.12. The first-order chi connectivity index (χ1) is 13.7. The summed E-state index contributed by atoms with van der Waals surface area (Å²) < 4.78 is 18.6. The number of nitrogens with zero attached hydrogens (tertiary/aromatic N) is 3. The number of likely N-dealkylation sites (tertiary alicyclic amines) is 1. The number of halogens is 2. The topological polar surface area (TPSA) is 49.6 Å². The third kappa shape index (κ3) is 3.87. The Balaban J connectivity index is 0.00000205. The van der Waals surface area contributed by atoms with Crippen LogP contribution in [0.5, 0.6) is 0 Å². The van der Waals surface area contributed by atoms with Crippen LogP contribution in [-0.4, -0.2) is 40.5 Å². The van der Waals surface area contributed by atoms with Gasteiger partial charge in [0.25, 0.3) is 5.91 Å². The third-order valence-electron chi connectivity index (χ3n) is 5.96. The van der Waals surface area contributed by atoms with E-state index >= 15 is 0 Å². The fourth-order valence-electron chi connectivity index (χ4n) is 4.39. The predicted molar refractivity (Wildman–Crippen MR) is 110 cm³/mol. The summed E-state index contributed by atoms with van der Waals surface area (Å²) in [6.45, 7) is 4.20. The monoisotopic (exact) mass is 415 g/mol. The normalized spacial score (nSPS) is 17.6. The van der Waals surface area contributed by atoms with Crippen LogP contribution in [-0.2, 0) is 13.1 Å². The molecule has 0 saturated carbocycles. The van der Waals surface area contributed by atoms with Crippen molar-refractivity contribution < 1.29 is 13.7 Å². The van der Waals surface area contributed by atoms with Crippen LogP contribution in [0, 0.1) is 11.7 Å². The Bertz CT molecular complexity index is 1030. The molecule has 0 bridgehead atoms. The van der Waals surface area contributed by atoms with Crippen LogP contribution in [0.4, 0.5) is 4.39 Å². The summed E-state index contributed by atoms with van der Waals surface area (Å²) in [5.41, 5.74) is 3.35. The number of fused-ring (bicyclic) bond motifs is 2. The molecule has 3 heterocycles. The SMILES string of the molecule is Cl.O=C1c2ccccc2CN1CC1CCN(Cc2noc3cc(F)ccc23)CC1. The van der Waals surface area contributed by atoms with Crippen LogP contribution < -0.4 is 0 Å². The zero-order valence-electron chi connectivity index (χ0n) is 16.0. The molecule has 1 saturated heterocycles. The summed E-state index contributed by atoms with van der Waals surface area (Å²) in [4.78, 5) is 16.9. The molecule has 2 aliphatic rings. The van der Waals surface area contributed by atoms with Crippen LogP contribution in [0.25, 0.3) is 11.0 Å². The van der Waals surface area contributed by atoms with Gasteiger partial charge in [-0.2, -0.15) is 0 Å². The highest BCUT2D eigenvalue weighted by molar-refractivity contribution is 5.98. The zero-order valence-corrected chi connectivity index (χ0v) is 16.8. The molecule has 29 heavy (non-hydrogen) atoms. The predicted octanol–water partition coefficient (Wildman–Crippen LogP) is 4.26. The summed E-state index contributed by atoms with van der Waals surface area (Å²) >= 11 is 0. The summed E-state index contributed by atoms with van der Waals surface area (Å²) in [6, 6.07) is 12.5. The molecule has 5 nitrogen and oxygen atoms in total. The van der Waals surface area contributed by atoms with E-state index in [-0.39, 0.29) is 24.1 Å². The molecule has 3 aromatic rings. The van der Waals surface area contributed by atoms with Gasteiger partial charge in [-0.15, -0.1) is 12.4 Å². The lowest BCUT2D eigenvalue weighted by Crippen LogP contribution is -2.38. The van der Waals surface area contributed by atoms with Gasteiger partial charge in [0.2, 0.25) is 0 Å². The van der Waals surface area contributed by atoms with Crippen molar-refractivity contribution in [3.8, 4) is 0 Å². The average molecular weight is 416 g/mol. The van der Waals surface area contributed by atoms with Crippen LogP contribution >= 0.6 is 12.4 Å². The summed E-state index contributed by atoms with van der Waals surface area (Å²) in [5, 5.41) is 5.01. The molecule has 2 aliphatic heterocycles. The van der Waals surface area contributed by atoms with Crippen molar-refractivity contribution in [1.82, 2.24) is 15.0 Å². The van der Waals surface area contributed by atoms with Crippen molar-refractivity contribution >= 4 is 29.3 Å². The van der Waals surface area contributed by atoms with Gasteiger partial charge in [0.05, 0.1) is 0 Å². The second-order valence-electron chi connectivity index (χ2n) is 7.83. The Morgan fingerprint density at radius 2 is 1.93 bits per heavy atom. The maximum Gasteiger partial charge on any atom is 0.254 e. The molecule has 0 atom stereocenters. The molecule has 152 valence electrons. The molecule has 0 unspecified atom stereocenters. The van der Waals surface area contributed by atoms with Gasteiger partial charge in [0, 0.05) is 36.7 Å². The van der Waals surface area contributed by atoms with Gasteiger partial charge in [0.15, 0.2) is 5.58 Å². The fourth-order valence-corrected chi connectivity index (χ4v) is 4.39. The van der Waals surface area contributed by atoms with Crippen molar-refractivity contribution in [2.45, 2.75) is 25.9 Å². The van der Waals surface area contributed by atoms with E-state index in [2.05, 4.69) is 10.1 Å². The Hall–Kier alpha value is -2.44. The minimum absolute atomic E-state index is 0. The highest BCUT2D eigenvalue weighted by Crippen LogP contribution is 2.27. The van der Waals surface area contributed by atoms with E-state index in [0.29, 0.717) is 18.0 Å². The third-order valence-corrected chi connectivity index (χ3v) is 5.96. The molecule has 0 aliphatic carbocycles. The van der Waals surface area contributed by atoms with E-state index in [4.69, 9.17) is 4.52 Å². The van der Waals surface area contributed by atoms with E-state index < -0.39 is 0 Å². The lowest BCUT2D eigenvalue weighted by molar-refractivity contribution is 0.0710. The highest BCUT2D eigenvalue weighted by Gasteiger charge is 2.30. The smallest absolute Gasteiger partial charge is 0.254 e. The quantitative estimate of drug-likeness (QED) is 0.639. The number of carbonyl (C=O) groups is 1. The van der Waals surface area contributed by atoms with Crippen molar-refractivity contribution in [2.75, 3.05) is 19.6 Å². The Morgan fingerprint density at radius 1 is 1.14 bits per heavy atom. The van der Waals surface area contributed by atoms with E-state index in [9.17, 15) is 9.18 Å². The Morgan fingerprint density at radius 3 is 2.72 bits per heavy atom. The summed E-state index contributed by atoms with van der Waals surface area (Å²) in [5.74, 6) is 0.381. The number of carbonyl (C=O) groups excluding carboxylic acids is 1. The second kappa shape index (κ2) is 8.13. The van der Waals surface area contributed by atoms with Gasteiger partial charge >= 0.3 is 0 Å². The van der Waals surface area contributed by atoms with E-state index in [1.807, 2.05) is 29.2 Å². The molecular weight excluding hydrogens is 393 g/mol. The van der Waals surface area contributed by atoms with Crippen LogP contribution in [0.2, 0.25) is 0 Å². The molecule has 1 aromatic heterocycles. The molecule has 2 aromatic carbocycles. The van der Waals surface area contributed by atoms with Gasteiger partial charge in [-0.05, 0) is 55.6 Å². The average Bonchev–Trinajstić information content (AvgIpc) is 3.24. The molecule has 0 radical (unpaired) electrons.